The van der Waals surface area contributed by atoms with E-state index in [1.165, 1.54) is 25.1 Å². The van der Waals surface area contributed by atoms with Gasteiger partial charge in [0.15, 0.2) is 11.5 Å². The molecule has 1 saturated heterocycles. The normalized spacial score (nSPS) is 29.3. The van der Waals surface area contributed by atoms with Crippen LogP contribution in [0.15, 0.2) is 18.2 Å². The van der Waals surface area contributed by atoms with Gasteiger partial charge in [-0.15, -0.1) is 0 Å². The first kappa shape index (κ1) is 17.6. The largest absolute Gasteiger partial charge is 0.486 e. The number of piperidine rings is 1. The molecule has 0 aliphatic carbocycles. The van der Waals surface area contributed by atoms with Gasteiger partial charge in [0, 0.05) is 19.1 Å². The summed E-state index contributed by atoms with van der Waals surface area (Å²) in [6, 6.07) is 6.75. The average molecular weight is 332 g/mol. The van der Waals surface area contributed by atoms with Gasteiger partial charge in [0.2, 0.25) is 0 Å². The average Bonchev–Trinajstić information content (AvgIpc) is 2.51. The second-order valence-corrected chi connectivity index (χ2v) is 9.02. The van der Waals surface area contributed by atoms with Crippen LogP contribution >= 0.6 is 0 Å². The van der Waals surface area contributed by atoms with Crippen LogP contribution in [0.25, 0.3) is 0 Å². The van der Waals surface area contributed by atoms with Gasteiger partial charge < -0.3 is 9.47 Å². The molecule has 0 radical (unpaired) electrons. The highest BCUT2D eigenvalue weighted by Gasteiger charge is 2.34. The number of fused-ring (bicyclic) bond motifs is 1. The van der Waals surface area contributed by atoms with E-state index in [0.717, 1.165) is 23.3 Å². The Labute approximate surface area is 147 Å². The van der Waals surface area contributed by atoms with Gasteiger partial charge in [0.1, 0.15) is 12.7 Å². The Morgan fingerprint density at radius 1 is 1.08 bits per heavy atom. The lowest BCUT2D eigenvalue weighted by atomic mass is 9.87. The summed E-state index contributed by atoms with van der Waals surface area (Å²) in [4.78, 5) is 2.59. The van der Waals surface area contributed by atoms with Gasteiger partial charge in [-0.2, -0.15) is 0 Å². The molecule has 0 amide bonds. The minimum Gasteiger partial charge on any atom is -0.486 e. The highest BCUT2D eigenvalue weighted by Crippen LogP contribution is 2.37. The van der Waals surface area contributed by atoms with Crippen molar-refractivity contribution >= 4 is 0 Å². The number of ether oxygens (including phenoxy) is 2. The molecule has 4 atom stereocenters. The number of rotatable bonds is 2. The fourth-order valence-corrected chi connectivity index (χ4v) is 4.07. The van der Waals surface area contributed by atoms with Crippen molar-refractivity contribution in [2.45, 2.75) is 65.5 Å². The minimum atomic E-state index is 0.102. The van der Waals surface area contributed by atoms with E-state index in [1.807, 2.05) is 0 Å². The van der Waals surface area contributed by atoms with Gasteiger partial charge in [0.05, 0.1) is 0 Å². The first-order valence-corrected chi connectivity index (χ1v) is 9.42. The van der Waals surface area contributed by atoms with Crippen LogP contribution in [-0.4, -0.2) is 36.7 Å². The molecule has 0 spiro atoms. The molecule has 2 aliphatic heterocycles. The Hall–Kier alpha value is -1.22. The summed E-state index contributed by atoms with van der Waals surface area (Å²) >= 11 is 0. The molecule has 4 unspecified atom stereocenters. The summed E-state index contributed by atoms with van der Waals surface area (Å²) in [6.07, 6.45) is 1.44. The van der Waals surface area contributed by atoms with Crippen LogP contribution in [0.4, 0.5) is 0 Å². The van der Waals surface area contributed by atoms with Crippen LogP contribution in [0.1, 0.15) is 53.5 Å². The van der Waals surface area contributed by atoms with Crippen molar-refractivity contribution in [2.75, 3.05) is 19.7 Å². The monoisotopic (exact) mass is 331 g/mol. The lowest BCUT2D eigenvalue weighted by molar-refractivity contribution is -0.00270. The van der Waals surface area contributed by atoms with Crippen LogP contribution in [-0.2, 0) is 5.41 Å². The summed E-state index contributed by atoms with van der Waals surface area (Å²) in [7, 11) is 0. The Morgan fingerprint density at radius 3 is 2.38 bits per heavy atom. The van der Waals surface area contributed by atoms with Crippen LogP contribution in [0.3, 0.4) is 0 Å². The second kappa shape index (κ2) is 6.59. The molecule has 2 aliphatic rings. The van der Waals surface area contributed by atoms with Gasteiger partial charge in [-0.05, 0) is 48.3 Å². The molecule has 134 valence electrons. The van der Waals surface area contributed by atoms with E-state index in [1.54, 1.807) is 0 Å². The first-order valence-electron chi connectivity index (χ1n) is 9.42. The maximum atomic E-state index is 6.39. The second-order valence-electron chi connectivity index (χ2n) is 9.02. The zero-order chi connectivity index (χ0) is 17.5. The molecule has 1 fully saturated rings. The van der Waals surface area contributed by atoms with E-state index in [4.69, 9.17) is 9.47 Å². The molecule has 0 saturated carbocycles. The molecular formula is C21H33NO2. The fourth-order valence-electron chi connectivity index (χ4n) is 4.07. The maximum Gasteiger partial charge on any atom is 0.162 e. The van der Waals surface area contributed by atoms with Crippen molar-refractivity contribution in [3.63, 3.8) is 0 Å². The smallest absolute Gasteiger partial charge is 0.162 e. The SMILES string of the molecule is CC1CC(C)CN(C(C)C2COc3ccc(C(C)(C)C)cc3O2)C1. The summed E-state index contributed by atoms with van der Waals surface area (Å²) < 4.78 is 12.4. The lowest BCUT2D eigenvalue weighted by Gasteiger charge is -2.42. The minimum absolute atomic E-state index is 0.102. The molecule has 1 aromatic rings. The van der Waals surface area contributed by atoms with Crippen molar-refractivity contribution in [3.05, 3.63) is 23.8 Å². The summed E-state index contributed by atoms with van der Waals surface area (Å²) in [6.45, 7) is 16.7. The lowest BCUT2D eigenvalue weighted by Crippen LogP contribution is -2.52. The number of hydrogen-bond donors (Lipinski definition) is 0. The molecule has 3 heteroatoms. The van der Waals surface area contributed by atoms with Gasteiger partial charge >= 0.3 is 0 Å². The summed E-state index contributed by atoms with van der Waals surface area (Å²) in [5, 5.41) is 0. The maximum absolute atomic E-state index is 6.39. The van der Waals surface area contributed by atoms with E-state index >= 15 is 0 Å². The number of hydrogen-bond acceptors (Lipinski definition) is 3. The van der Waals surface area contributed by atoms with E-state index in [2.05, 4.69) is 64.6 Å². The third kappa shape index (κ3) is 3.72. The molecule has 0 N–H and O–H groups in total. The third-order valence-corrected chi connectivity index (χ3v) is 5.50. The topological polar surface area (TPSA) is 21.7 Å². The van der Waals surface area contributed by atoms with Gasteiger partial charge in [0.25, 0.3) is 0 Å². The predicted molar refractivity (Wildman–Crippen MR) is 99.0 cm³/mol. The molecule has 0 bridgehead atoms. The Balaban J connectivity index is 1.74. The van der Waals surface area contributed by atoms with Gasteiger partial charge in [-0.1, -0.05) is 40.7 Å². The Bertz CT molecular complexity index is 568. The zero-order valence-electron chi connectivity index (χ0n) is 16.1. The van der Waals surface area contributed by atoms with Crippen LogP contribution in [0.5, 0.6) is 11.5 Å². The Kier molecular flexibility index (Phi) is 4.83. The predicted octanol–water partition coefficient (Wildman–Crippen LogP) is 4.49. The van der Waals surface area contributed by atoms with Crippen LogP contribution in [0, 0.1) is 11.8 Å². The Morgan fingerprint density at radius 2 is 1.75 bits per heavy atom. The van der Waals surface area contributed by atoms with Crippen molar-refractivity contribution in [2.24, 2.45) is 11.8 Å². The van der Waals surface area contributed by atoms with E-state index in [0.29, 0.717) is 12.6 Å². The van der Waals surface area contributed by atoms with Crippen LogP contribution in [0.2, 0.25) is 0 Å². The number of nitrogens with zero attached hydrogens (tertiary/aromatic N) is 1. The first-order chi connectivity index (χ1) is 11.2. The van der Waals surface area contributed by atoms with E-state index in [9.17, 15) is 0 Å². The third-order valence-electron chi connectivity index (χ3n) is 5.50. The van der Waals surface area contributed by atoms with Crippen LogP contribution < -0.4 is 9.47 Å². The molecule has 0 aromatic heterocycles. The van der Waals surface area contributed by atoms with Crippen molar-refractivity contribution < 1.29 is 9.47 Å². The highest BCUT2D eigenvalue weighted by atomic mass is 16.6. The fraction of sp³-hybridized carbons (Fsp3) is 0.714. The molecule has 3 nitrogen and oxygen atoms in total. The van der Waals surface area contributed by atoms with Crippen molar-refractivity contribution in [3.8, 4) is 11.5 Å². The van der Waals surface area contributed by atoms with Gasteiger partial charge in [-0.3, -0.25) is 4.90 Å². The highest BCUT2D eigenvalue weighted by molar-refractivity contribution is 5.46. The quantitative estimate of drug-likeness (QED) is 0.797. The van der Waals surface area contributed by atoms with Crippen molar-refractivity contribution in [1.82, 2.24) is 4.90 Å². The molecular weight excluding hydrogens is 298 g/mol. The zero-order valence-corrected chi connectivity index (χ0v) is 16.1. The molecule has 3 rings (SSSR count). The standard InChI is InChI=1S/C21H33NO2/c1-14-9-15(2)12-22(11-14)16(3)20-13-23-18-8-7-17(21(4,5)6)10-19(18)24-20/h7-8,10,14-16,20H,9,11-13H2,1-6H3. The summed E-state index contributed by atoms with van der Waals surface area (Å²) in [5.41, 5.74) is 1.41. The molecule has 2 heterocycles. The van der Waals surface area contributed by atoms with E-state index in [-0.39, 0.29) is 11.5 Å². The van der Waals surface area contributed by atoms with Crippen molar-refractivity contribution in [1.29, 1.82) is 0 Å². The van der Waals surface area contributed by atoms with E-state index < -0.39 is 0 Å². The molecule has 1 aromatic carbocycles. The number of benzene rings is 1. The van der Waals surface area contributed by atoms with Gasteiger partial charge in [-0.25, -0.2) is 0 Å². The number of likely N-dealkylation sites (tertiary alicyclic amines) is 1. The molecule has 24 heavy (non-hydrogen) atoms. The summed E-state index contributed by atoms with van der Waals surface area (Å²) in [5.74, 6) is 3.32.